The molecule has 2 nitrogen and oxygen atoms in total. The third kappa shape index (κ3) is 1.70. The number of rotatable bonds is 2. The molecule has 2 heteroatoms. The number of nitrogens with zero attached hydrogens (tertiary/aromatic N) is 1. The zero-order valence-electron chi connectivity index (χ0n) is 6.87. The van der Waals surface area contributed by atoms with Crippen molar-refractivity contribution < 1.29 is 4.79 Å². The van der Waals surface area contributed by atoms with Crippen molar-refractivity contribution in [2.24, 2.45) is 0 Å². The highest BCUT2D eigenvalue weighted by molar-refractivity contribution is 5.77. The lowest BCUT2D eigenvalue weighted by atomic mass is 10.0. The first-order valence-corrected chi connectivity index (χ1v) is 3.69. The van der Waals surface area contributed by atoms with E-state index in [-0.39, 0.29) is 0 Å². The van der Waals surface area contributed by atoms with Crippen LogP contribution in [0.3, 0.4) is 0 Å². The molecule has 12 heavy (non-hydrogen) atoms. The molecule has 0 aliphatic heterocycles. The van der Waals surface area contributed by atoms with Crippen molar-refractivity contribution in [3.8, 4) is 6.07 Å². The molecule has 0 spiro atoms. The van der Waals surface area contributed by atoms with Crippen LogP contribution in [0.2, 0.25) is 0 Å². The van der Waals surface area contributed by atoms with E-state index in [1.54, 1.807) is 6.07 Å². The van der Waals surface area contributed by atoms with Crippen molar-refractivity contribution in [2.45, 2.75) is 13.3 Å². The van der Waals surface area contributed by atoms with Crippen molar-refractivity contribution in [3.05, 3.63) is 34.9 Å². The Kier molecular flexibility index (Phi) is 2.60. The Hall–Kier alpha value is -1.62. The van der Waals surface area contributed by atoms with Crippen LogP contribution in [-0.4, -0.2) is 6.29 Å². The van der Waals surface area contributed by atoms with Gasteiger partial charge >= 0.3 is 0 Å². The van der Waals surface area contributed by atoms with Gasteiger partial charge in [0.25, 0.3) is 0 Å². The zero-order valence-corrected chi connectivity index (χ0v) is 6.87. The normalized spacial score (nSPS) is 9.00. The SMILES string of the molecule is Cc1ccc(CC#N)c(C=O)c1. The van der Waals surface area contributed by atoms with Crippen LogP contribution in [0.4, 0.5) is 0 Å². The van der Waals surface area contributed by atoms with Crippen LogP contribution in [0.5, 0.6) is 0 Å². The number of aldehydes is 1. The van der Waals surface area contributed by atoms with Crippen LogP contribution in [0.15, 0.2) is 18.2 Å². The second kappa shape index (κ2) is 3.68. The highest BCUT2D eigenvalue weighted by atomic mass is 16.1. The van der Waals surface area contributed by atoms with Gasteiger partial charge in [-0.25, -0.2) is 0 Å². The van der Waals surface area contributed by atoms with E-state index in [2.05, 4.69) is 0 Å². The molecule has 0 aromatic heterocycles. The molecule has 0 saturated heterocycles. The lowest BCUT2D eigenvalue weighted by Crippen LogP contribution is -1.91. The average molecular weight is 159 g/mol. The minimum Gasteiger partial charge on any atom is -0.298 e. The fourth-order valence-electron chi connectivity index (χ4n) is 1.07. The number of hydrogen-bond acceptors (Lipinski definition) is 2. The van der Waals surface area contributed by atoms with Crippen LogP contribution < -0.4 is 0 Å². The van der Waals surface area contributed by atoms with Gasteiger partial charge in [-0.3, -0.25) is 4.79 Å². The fraction of sp³-hybridized carbons (Fsp3) is 0.200. The van der Waals surface area contributed by atoms with Crippen molar-refractivity contribution in [3.63, 3.8) is 0 Å². The number of aryl methyl sites for hydroxylation is 1. The Morgan fingerprint density at radius 2 is 2.33 bits per heavy atom. The molecule has 0 bridgehead atoms. The predicted molar refractivity (Wildman–Crippen MR) is 45.9 cm³/mol. The first-order chi connectivity index (χ1) is 5.77. The third-order valence-corrected chi connectivity index (χ3v) is 1.70. The lowest BCUT2D eigenvalue weighted by molar-refractivity contribution is 0.112. The van der Waals surface area contributed by atoms with Gasteiger partial charge in [-0.05, 0) is 18.6 Å². The van der Waals surface area contributed by atoms with Crippen LogP contribution in [0.25, 0.3) is 0 Å². The zero-order chi connectivity index (χ0) is 8.97. The summed E-state index contributed by atoms with van der Waals surface area (Å²) in [6.07, 6.45) is 1.09. The van der Waals surface area contributed by atoms with Gasteiger partial charge in [-0.15, -0.1) is 0 Å². The maximum absolute atomic E-state index is 10.5. The van der Waals surface area contributed by atoms with E-state index >= 15 is 0 Å². The Morgan fingerprint density at radius 3 is 2.92 bits per heavy atom. The fourth-order valence-corrected chi connectivity index (χ4v) is 1.07. The molecule has 0 atom stereocenters. The van der Waals surface area contributed by atoms with Crippen molar-refractivity contribution in [1.82, 2.24) is 0 Å². The van der Waals surface area contributed by atoms with Gasteiger partial charge in [-0.2, -0.15) is 5.26 Å². The quantitative estimate of drug-likeness (QED) is 0.618. The van der Waals surface area contributed by atoms with E-state index in [0.29, 0.717) is 12.0 Å². The van der Waals surface area contributed by atoms with Crippen molar-refractivity contribution >= 4 is 6.29 Å². The monoisotopic (exact) mass is 159 g/mol. The molecule has 0 heterocycles. The first-order valence-electron chi connectivity index (χ1n) is 3.69. The van der Waals surface area contributed by atoms with Gasteiger partial charge < -0.3 is 0 Å². The predicted octanol–water partition coefficient (Wildman–Crippen LogP) is 1.87. The molecule has 60 valence electrons. The molecule has 0 unspecified atom stereocenters. The van der Waals surface area contributed by atoms with Gasteiger partial charge in [0.2, 0.25) is 0 Å². The van der Waals surface area contributed by atoms with Crippen molar-refractivity contribution in [2.75, 3.05) is 0 Å². The summed E-state index contributed by atoms with van der Waals surface area (Å²) in [7, 11) is 0. The topological polar surface area (TPSA) is 40.9 Å². The van der Waals surface area contributed by atoms with Gasteiger partial charge in [0.05, 0.1) is 12.5 Å². The second-order valence-corrected chi connectivity index (χ2v) is 2.66. The maximum atomic E-state index is 10.5. The number of nitriles is 1. The van der Waals surface area contributed by atoms with E-state index < -0.39 is 0 Å². The number of hydrogen-bond donors (Lipinski definition) is 0. The first kappa shape index (κ1) is 8.48. The minimum atomic E-state index is 0.300. The summed E-state index contributed by atoms with van der Waals surface area (Å²) in [5.41, 5.74) is 2.47. The molecule has 0 fully saturated rings. The molecule has 1 aromatic rings. The van der Waals surface area contributed by atoms with Gasteiger partial charge in [0, 0.05) is 5.56 Å². The standard InChI is InChI=1S/C10H9NO/c1-8-2-3-9(4-5-11)10(6-8)7-12/h2-3,6-7H,4H2,1H3. The van der Waals surface area contributed by atoms with Crippen molar-refractivity contribution in [1.29, 1.82) is 5.26 Å². The summed E-state index contributed by atoms with van der Waals surface area (Å²) in [6, 6.07) is 7.53. The third-order valence-electron chi connectivity index (χ3n) is 1.70. The number of carbonyl (C=O) groups excluding carboxylic acids is 1. The highest BCUT2D eigenvalue weighted by Gasteiger charge is 1.99. The highest BCUT2D eigenvalue weighted by Crippen LogP contribution is 2.09. The molecule has 0 saturated carbocycles. The summed E-state index contributed by atoms with van der Waals surface area (Å²) < 4.78 is 0. The van der Waals surface area contributed by atoms with E-state index in [4.69, 9.17) is 5.26 Å². The van der Waals surface area contributed by atoms with E-state index in [0.717, 1.165) is 17.4 Å². The lowest BCUT2D eigenvalue weighted by Gasteiger charge is -2.00. The Bertz CT molecular complexity index is 336. The molecule has 1 aromatic carbocycles. The Balaban J connectivity index is 3.12. The average Bonchev–Trinajstić information content (AvgIpc) is 2.08. The molecule has 1 rings (SSSR count). The Morgan fingerprint density at radius 1 is 1.58 bits per heavy atom. The molecule has 0 radical (unpaired) electrons. The Labute approximate surface area is 71.4 Å². The minimum absolute atomic E-state index is 0.300. The summed E-state index contributed by atoms with van der Waals surface area (Å²) in [6.45, 7) is 1.92. The summed E-state index contributed by atoms with van der Waals surface area (Å²) in [4.78, 5) is 10.5. The molecule has 0 amide bonds. The summed E-state index contributed by atoms with van der Waals surface area (Å²) in [5, 5.41) is 8.44. The molecule has 0 N–H and O–H groups in total. The van der Waals surface area contributed by atoms with Crippen LogP contribution >= 0.6 is 0 Å². The molecular weight excluding hydrogens is 150 g/mol. The molecular formula is C10H9NO. The largest absolute Gasteiger partial charge is 0.298 e. The van der Waals surface area contributed by atoms with E-state index in [9.17, 15) is 4.79 Å². The van der Waals surface area contributed by atoms with Gasteiger partial charge in [0.1, 0.15) is 6.29 Å². The van der Waals surface area contributed by atoms with Crippen LogP contribution in [0, 0.1) is 18.3 Å². The molecule has 0 aliphatic carbocycles. The molecule has 0 aliphatic rings. The van der Waals surface area contributed by atoms with E-state index in [1.165, 1.54) is 0 Å². The van der Waals surface area contributed by atoms with Gasteiger partial charge in [-0.1, -0.05) is 17.7 Å². The number of benzene rings is 1. The maximum Gasteiger partial charge on any atom is 0.150 e. The summed E-state index contributed by atoms with van der Waals surface area (Å²) in [5.74, 6) is 0. The second-order valence-electron chi connectivity index (χ2n) is 2.66. The smallest absolute Gasteiger partial charge is 0.150 e. The number of carbonyl (C=O) groups is 1. The van der Waals surface area contributed by atoms with Gasteiger partial charge in [0.15, 0.2) is 0 Å². The van der Waals surface area contributed by atoms with Crippen LogP contribution in [-0.2, 0) is 6.42 Å². The van der Waals surface area contributed by atoms with E-state index in [1.807, 2.05) is 25.1 Å². The summed E-state index contributed by atoms with van der Waals surface area (Å²) >= 11 is 0. The van der Waals surface area contributed by atoms with Crippen LogP contribution in [0.1, 0.15) is 21.5 Å².